The minimum absolute atomic E-state index is 0.237. The second kappa shape index (κ2) is 4.24. The fraction of sp³-hybridized carbons (Fsp3) is 0.100. The van der Waals surface area contributed by atoms with E-state index in [2.05, 4.69) is 9.36 Å². The van der Waals surface area contributed by atoms with Crippen LogP contribution in [0.5, 0.6) is 5.75 Å². The molecule has 0 atom stereocenters. The van der Waals surface area contributed by atoms with Crippen LogP contribution in [-0.2, 0) is 0 Å². The van der Waals surface area contributed by atoms with Gasteiger partial charge in [0.2, 0.25) is 5.01 Å². The Bertz CT molecular complexity index is 561. The van der Waals surface area contributed by atoms with Crippen molar-refractivity contribution in [2.24, 2.45) is 0 Å². The summed E-state index contributed by atoms with van der Waals surface area (Å²) in [5, 5.41) is 8.87. The molecule has 0 bridgehead atoms. The molecule has 0 spiro atoms. The second-order valence-electron chi connectivity index (χ2n) is 2.88. The molecule has 0 radical (unpaired) electrons. The molecule has 4 nitrogen and oxygen atoms in total. The first-order valence-corrected chi connectivity index (χ1v) is 5.09. The van der Waals surface area contributed by atoms with Crippen LogP contribution in [0.2, 0.25) is 0 Å². The highest BCUT2D eigenvalue weighted by molar-refractivity contribution is 7.06. The summed E-state index contributed by atoms with van der Waals surface area (Å²) in [5.41, 5.74) is 0.445. The quantitative estimate of drug-likeness (QED) is 0.800. The highest BCUT2D eigenvalue weighted by Crippen LogP contribution is 2.29. The number of aromatic nitrogens is 2. The number of halogens is 1. The predicted octanol–water partition coefficient (Wildman–Crippen LogP) is 2.22. The van der Waals surface area contributed by atoms with Crippen molar-refractivity contribution < 1.29 is 9.13 Å². The number of ether oxygens (including phenoxy) is 1. The fourth-order valence-electron chi connectivity index (χ4n) is 1.23. The third kappa shape index (κ3) is 1.85. The Morgan fingerprint density at radius 3 is 2.94 bits per heavy atom. The van der Waals surface area contributed by atoms with Crippen molar-refractivity contribution in [2.75, 3.05) is 7.11 Å². The van der Waals surface area contributed by atoms with E-state index in [4.69, 9.17) is 10.00 Å². The normalized spacial score (nSPS) is 9.81. The van der Waals surface area contributed by atoms with Crippen LogP contribution < -0.4 is 4.74 Å². The monoisotopic (exact) mass is 235 g/mol. The van der Waals surface area contributed by atoms with Crippen LogP contribution in [0.4, 0.5) is 4.39 Å². The molecule has 0 fully saturated rings. The Morgan fingerprint density at radius 1 is 1.50 bits per heavy atom. The molecule has 0 aliphatic rings. The topological polar surface area (TPSA) is 58.8 Å². The lowest BCUT2D eigenvalue weighted by Gasteiger charge is -2.04. The zero-order valence-electron chi connectivity index (χ0n) is 8.27. The summed E-state index contributed by atoms with van der Waals surface area (Å²) in [4.78, 5) is 3.95. The van der Waals surface area contributed by atoms with Crippen molar-refractivity contribution >= 4 is 11.5 Å². The van der Waals surface area contributed by atoms with E-state index in [-0.39, 0.29) is 5.01 Å². The van der Waals surface area contributed by atoms with E-state index in [0.717, 1.165) is 11.5 Å². The van der Waals surface area contributed by atoms with Gasteiger partial charge in [0.05, 0.1) is 12.7 Å². The van der Waals surface area contributed by atoms with Gasteiger partial charge in [-0.25, -0.2) is 9.37 Å². The Kier molecular flexibility index (Phi) is 2.79. The van der Waals surface area contributed by atoms with Gasteiger partial charge in [0.1, 0.15) is 17.6 Å². The third-order valence-electron chi connectivity index (χ3n) is 1.92. The van der Waals surface area contributed by atoms with Crippen LogP contribution in [0.1, 0.15) is 5.01 Å². The zero-order chi connectivity index (χ0) is 11.5. The lowest BCUT2D eigenvalue weighted by Crippen LogP contribution is -1.90. The highest BCUT2D eigenvalue weighted by Gasteiger charge is 2.12. The Hall–Kier alpha value is -2.00. The number of nitrogens with zero attached hydrogens (tertiary/aromatic N) is 3. The van der Waals surface area contributed by atoms with Gasteiger partial charge >= 0.3 is 0 Å². The van der Waals surface area contributed by atoms with Crippen molar-refractivity contribution in [3.8, 4) is 23.2 Å². The van der Waals surface area contributed by atoms with Gasteiger partial charge in [-0.1, -0.05) is 0 Å². The average molecular weight is 235 g/mol. The maximum absolute atomic E-state index is 13.1. The minimum atomic E-state index is -0.399. The molecule has 16 heavy (non-hydrogen) atoms. The van der Waals surface area contributed by atoms with Gasteiger partial charge < -0.3 is 4.74 Å². The molecule has 0 saturated heterocycles. The molecule has 0 aliphatic heterocycles. The SMILES string of the molecule is COc1ccc(F)cc1-c1nsc(C#N)n1. The lowest BCUT2D eigenvalue weighted by molar-refractivity contribution is 0.415. The van der Waals surface area contributed by atoms with Crippen molar-refractivity contribution in [3.05, 3.63) is 29.0 Å². The van der Waals surface area contributed by atoms with Crippen LogP contribution in [0, 0.1) is 17.1 Å². The number of hydrogen-bond donors (Lipinski definition) is 0. The Morgan fingerprint density at radius 2 is 2.31 bits per heavy atom. The molecule has 1 aromatic carbocycles. The fourth-order valence-corrected chi connectivity index (χ4v) is 1.71. The predicted molar refractivity (Wildman–Crippen MR) is 56.6 cm³/mol. The number of nitriles is 1. The molecule has 1 aromatic heterocycles. The van der Waals surface area contributed by atoms with Gasteiger partial charge in [-0.3, -0.25) is 0 Å². The maximum Gasteiger partial charge on any atom is 0.214 e. The van der Waals surface area contributed by atoms with Crippen LogP contribution in [0.25, 0.3) is 11.4 Å². The molecule has 0 amide bonds. The van der Waals surface area contributed by atoms with Gasteiger partial charge in [0, 0.05) is 0 Å². The molecule has 0 unspecified atom stereocenters. The van der Waals surface area contributed by atoms with E-state index in [1.807, 2.05) is 6.07 Å². The van der Waals surface area contributed by atoms with Gasteiger partial charge in [0.15, 0.2) is 5.82 Å². The van der Waals surface area contributed by atoms with E-state index in [9.17, 15) is 4.39 Å². The van der Waals surface area contributed by atoms with E-state index < -0.39 is 5.82 Å². The number of hydrogen-bond acceptors (Lipinski definition) is 5. The Labute approximate surface area is 95.1 Å². The van der Waals surface area contributed by atoms with Crippen LogP contribution >= 0.6 is 11.5 Å². The molecule has 1 heterocycles. The number of methoxy groups -OCH3 is 1. The van der Waals surface area contributed by atoms with Crippen LogP contribution in [0.3, 0.4) is 0 Å². The first-order valence-electron chi connectivity index (χ1n) is 4.32. The Balaban J connectivity index is 2.54. The molecule has 0 N–H and O–H groups in total. The first kappa shape index (κ1) is 10.5. The third-order valence-corrected chi connectivity index (χ3v) is 2.54. The summed E-state index contributed by atoms with van der Waals surface area (Å²) in [5.74, 6) is 0.380. The summed E-state index contributed by atoms with van der Waals surface area (Å²) >= 11 is 0.969. The zero-order valence-corrected chi connectivity index (χ0v) is 9.08. The molecule has 0 aliphatic carbocycles. The van der Waals surface area contributed by atoms with Crippen molar-refractivity contribution in [1.29, 1.82) is 5.26 Å². The molecular weight excluding hydrogens is 229 g/mol. The van der Waals surface area contributed by atoms with Crippen molar-refractivity contribution in [3.63, 3.8) is 0 Å². The van der Waals surface area contributed by atoms with Gasteiger partial charge in [0.25, 0.3) is 0 Å². The molecule has 2 rings (SSSR count). The molecular formula is C10H6FN3OS. The molecule has 6 heteroatoms. The van der Waals surface area contributed by atoms with Crippen LogP contribution in [0.15, 0.2) is 18.2 Å². The summed E-state index contributed by atoms with van der Waals surface area (Å²) in [7, 11) is 1.48. The van der Waals surface area contributed by atoms with E-state index >= 15 is 0 Å². The molecule has 2 aromatic rings. The van der Waals surface area contributed by atoms with Crippen molar-refractivity contribution in [2.45, 2.75) is 0 Å². The molecule has 80 valence electrons. The van der Waals surface area contributed by atoms with E-state index in [1.165, 1.54) is 25.3 Å². The van der Waals surface area contributed by atoms with E-state index in [1.54, 1.807) is 0 Å². The van der Waals surface area contributed by atoms with Crippen LogP contribution in [-0.4, -0.2) is 16.5 Å². The maximum atomic E-state index is 13.1. The minimum Gasteiger partial charge on any atom is -0.496 e. The number of rotatable bonds is 2. The van der Waals surface area contributed by atoms with Gasteiger partial charge in [-0.15, -0.1) is 0 Å². The largest absolute Gasteiger partial charge is 0.496 e. The summed E-state index contributed by atoms with van der Waals surface area (Å²) in [6.45, 7) is 0. The van der Waals surface area contributed by atoms with Crippen molar-refractivity contribution in [1.82, 2.24) is 9.36 Å². The molecule has 0 saturated carbocycles. The summed E-state index contributed by atoms with van der Waals surface area (Å²) in [6.07, 6.45) is 0. The van der Waals surface area contributed by atoms with Gasteiger partial charge in [-0.05, 0) is 29.7 Å². The standard InChI is InChI=1S/C10H6FN3OS/c1-15-8-3-2-6(11)4-7(8)10-13-9(5-12)16-14-10/h2-4H,1H3. The summed E-state index contributed by atoms with van der Waals surface area (Å²) in [6, 6.07) is 5.95. The summed E-state index contributed by atoms with van der Waals surface area (Å²) < 4.78 is 22.1. The number of benzene rings is 1. The first-order chi connectivity index (χ1) is 7.74. The average Bonchev–Trinajstić information content (AvgIpc) is 2.77. The lowest BCUT2D eigenvalue weighted by atomic mass is 10.2. The smallest absolute Gasteiger partial charge is 0.214 e. The highest BCUT2D eigenvalue weighted by atomic mass is 32.1. The second-order valence-corrected chi connectivity index (χ2v) is 3.63. The van der Waals surface area contributed by atoms with Gasteiger partial charge in [-0.2, -0.15) is 9.64 Å². The van der Waals surface area contributed by atoms with E-state index in [0.29, 0.717) is 17.1 Å².